The lowest BCUT2D eigenvalue weighted by Gasteiger charge is -2.31. The van der Waals surface area contributed by atoms with Crippen molar-refractivity contribution in [3.8, 4) is 5.75 Å². The van der Waals surface area contributed by atoms with E-state index in [0.29, 0.717) is 29.4 Å². The Morgan fingerprint density at radius 3 is 1.48 bits per heavy atom. The Hall–Kier alpha value is -0.980. The van der Waals surface area contributed by atoms with Crippen molar-refractivity contribution in [1.82, 2.24) is 0 Å². The SMILES string of the molecule is CC[C@@H](C)c1c(O)cc([C@@H](C)CC)c([C@@H](C)CC)c1[C@H](C)CC. The van der Waals surface area contributed by atoms with Crippen molar-refractivity contribution in [3.63, 3.8) is 0 Å². The van der Waals surface area contributed by atoms with Gasteiger partial charge in [0.05, 0.1) is 0 Å². The molecule has 1 nitrogen and oxygen atoms in total. The van der Waals surface area contributed by atoms with Crippen LogP contribution in [0.2, 0.25) is 0 Å². The van der Waals surface area contributed by atoms with Crippen LogP contribution in [0.3, 0.4) is 0 Å². The lowest BCUT2D eigenvalue weighted by atomic mass is 9.75. The molecule has 0 fully saturated rings. The van der Waals surface area contributed by atoms with Crippen LogP contribution >= 0.6 is 0 Å². The third-order valence-electron chi connectivity index (χ3n) is 5.92. The predicted molar refractivity (Wildman–Crippen MR) is 103 cm³/mol. The van der Waals surface area contributed by atoms with Crippen molar-refractivity contribution < 1.29 is 5.11 Å². The largest absolute Gasteiger partial charge is 0.508 e. The van der Waals surface area contributed by atoms with Crippen LogP contribution in [0.15, 0.2) is 6.07 Å². The van der Waals surface area contributed by atoms with Gasteiger partial charge in [-0.3, -0.25) is 0 Å². The minimum atomic E-state index is 0.410. The summed E-state index contributed by atoms with van der Waals surface area (Å²) in [5.41, 5.74) is 5.57. The zero-order valence-corrected chi connectivity index (χ0v) is 16.7. The smallest absolute Gasteiger partial charge is 0.119 e. The molecule has 0 heterocycles. The predicted octanol–water partition coefficient (Wildman–Crippen LogP) is 7.45. The van der Waals surface area contributed by atoms with Crippen molar-refractivity contribution in [2.75, 3.05) is 0 Å². The number of phenolic OH excluding ortho intramolecular Hbond substituents is 1. The number of hydrogen-bond acceptors (Lipinski definition) is 1. The maximum Gasteiger partial charge on any atom is 0.119 e. The van der Waals surface area contributed by atoms with Crippen LogP contribution in [0.1, 0.15) is 127 Å². The van der Waals surface area contributed by atoms with Gasteiger partial charge in [0.2, 0.25) is 0 Å². The summed E-state index contributed by atoms with van der Waals surface area (Å²) >= 11 is 0. The third kappa shape index (κ3) is 4.11. The molecule has 0 aliphatic carbocycles. The average molecular weight is 319 g/mol. The molecule has 0 aliphatic rings. The Bertz CT molecular complexity index is 503. The van der Waals surface area contributed by atoms with Gasteiger partial charge >= 0.3 is 0 Å². The maximum atomic E-state index is 10.8. The van der Waals surface area contributed by atoms with Crippen LogP contribution in [-0.2, 0) is 0 Å². The van der Waals surface area contributed by atoms with E-state index in [9.17, 15) is 5.11 Å². The molecule has 0 saturated carbocycles. The summed E-state index contributed by atoms with van der Waals surface area (Å²) in [6.45, 7) is 18.2. The Morgan fingerprint density at radius 1 is 0.652 bits per heavy atom. The van der Waals surface area contributed by atoms with Crippen LogP contribution < -0.4 is 0 Å². The van der Waals surface area contributed by atoms with E-state index >= 15 is 0 Å². The van der Waals surface area contributed by atoms with Gasteiger partial charge in [-0.05, 0) is 72.1 Å². The van der Waals surface area contributed by atoms with E-state index in [1.807, 2.05) is 0 Å². The fourth-order valence-corrected chi connectivity index (χ4v) is 3.58. The van der Waals surface area contributed by atoms with Gasteiger partial charge in [-0.2, -0.15) is 0 Å². The van der Waals surface area contributed by atoms with Gasteiger partial charge in [0, 0.05) is 5.56 Å². The topological polar surface area (TPSA) is 20.2 Å². The van der Waals surface area contributed by atoms with Crippen molar-refractivity contribution in [1.29, 1.82) is 0 Å². The Kier molecular flexibility index (Phi) is 7.64. The third-order valence-corrected chi connectivity index (χ3v) is 5.92. The van der Waals surface area contributed by atoms with Crippen LogP contribution in [0, 0.1) is 0 Å². The van der Waals surface area contributed by atoms with Crippen LogP contribution in [0.25, 0.3) is 0 Å². The normalized spacial score (nSPS) is 16.9. The van der Waals surface area contributed by atoms with Gasteiger partial charge in [-0.1, -0.05) is 55.4 Å². The molecule has 1 rings (SSSR count). The molecule has 1 aromatic carbocycles. The molecule has 0 amide bonds. The van der Waals surface area contributed by atoms with Crippen molar-refractivity contribution >= 4 is 0 Å². The molecular weight excluding hydrogens is 280 g/mol. The van der Waals surface area contributed by atoms with E-state index in [0.717, 1.165) is 25.7 Å². The highest BCUT2D eigenvalue weighted by Crippen LogP contribution is 2.45. The maximum absolute atomic E-state index is 10.8. The molecule has 0 spiro atoms. The molecule has 0 aliphatic heterocycles. The Balaban J connectivity index is 3.81. The Labute approximate surface area is 144 Å². The lowest BCUT2D eigenvalue weighted by molar-refractivity contribution is 0.455. The molecule has 0 aromatic heterocycles. The zero-order valence-electron chi connectivity index (χ0n) is 16.7. The second-order valence-corrected chi connectivity index (χ2v) is 7.46. The molecular formula is C22H38O. The molecule has 23 heavy (non-hydrogen) atoms. The highest BCUT2D eigenvalue weighted by molar-refractivity contribution is 5.54. The van der Waals surface area contributed by atoms with Gasteiger partial charge in [-0.25, -0.2) is 0 Å². The van der Waals surface area contributed by atoms with Gasteiger partial charge in [0.25, 0.3) is 0 Å². The summed E-state index contributed by atoms with van der Waals surface area (Å²) in [6, 6.07) is 2.09. The van der Waals surface area contributed by atoms with Crippen LogP contribution in [0.4, 0.5) is 0 Å². The number of hydrogen-bond donors (Lipinski definition) is 1. The first-order valence-corrected chi connectivity index (χ1v) is 9.73. The van der Waals surface area contributed by atoms with Gasteiger partial charge in [-0.15, -0.1) is 0 Å². The summed E-state index contributed by atoms with van der Waals surface area (Å²) in [7, 11) is 0. The van der Waals surface area contributed by atoms with E-state index in [1.54, 1.807) is 0 Å². The number of rotatable bonds is 8. The summed E-state index contributed by atoms with van der Waals surface area (Å²) in [4.78, 5) is 0. The Morgan fingerprint density at radius 2 is 1.04 bits per heavy atom. The van der Waals surface area contributed by atoms with Crippen LogP contribution in [0.5, 0.6) is 5.75 Å². The first-order valence-electron chi connectivity index (χ1n) is 9.73. The van der Waals surface area contributed by atoms with Gasteiger partial charge < -0.3 is 5.11 Å². The quantitative estimate of drug-likeness (QED) is 0.528. The fraction of sp³-hybridized carbons (Fsp3) is 0.727. The summed E-state index contributed by atoms with van der Waals surface area (Å²) in [6.07, 6.45) is 4.46. The number of benzene rings is 1. The molecule has 1 aromatic rings. The van der Waals surface area contributed by atoms with E-state index in [4.69, 9.17) is 0 Å². The second-order valence-electron chi connectivity index (χ2n) is 7.46. The van der Waals surface area contributed by atoms with Crippen molar-refractivity contribution in [3.05, 3.63) is 28.3 Å². The highest BCUT2D eigenvalue weighted by atomic mass is 16.3. The van der Waals surface area contributed by atoms with Crippen LogP contribution in [-0.4, -0.2) is 5.11 Å². The second kappa shape index (κ2) is 8.76. The lowest BCUT2D eigenvalue weighted by Crippen LogP contribution is -2.13. The number of phenols is 1. The summed E-state index contributed by atoms with van der Waals surface area (Å²) in [5, 5.41) is 10.8. The first-order chi connectivity index (χ1) is 10.8. The zero-order chi connectivity index (χ0) is 17.7. The van der Waals surface area contributed by atoms with Crippen molar-refractivity contribution in [2.24, 2.45) is 0 Å². The minimum Gasteiger partial charge on any atom is -0.508 e. The molecule has 1 N–H and O–H groups in total. The molecule has 0 bridgehead atoms. The highest BCUT2D eigenvalue weighted by Gasteiger charge is 2.27. The average Bonchev–Trinajstić information content (AvgIpc) is 2.57. The van der Waals surface area contributed by atoms with E-state index < -0.39 is 0 Å². The van der Waals surface area contributed by atoms with Gasteiger partial charge in [0.1, 0.15) is 5.75 Å². The first kappa shape index (κ1) is 20.1. The standard InChI is InChI=1S/C22H38O/c1-9-14(5)18-13-19(23)21(16(7)11-3)22(17(8)12-4)20(18)15(6)10-2/h13-17,23H,9-12H2,1-8H3/t14-,15-,16+,17+/m0/s1. The molecule has 0 saturated heterocycles. The molecule has 132 valence electrons. The molecule has 0 radical (unpaired) electrons. The summed E-state index contributed by atoms with van der Waals surface area (Å²) < 4.78 is 0. The monoisotopic (exact) mass is 318 g/mol. The minimum absolute atomic E-state index is 0.410. The molecule has 1 heteroatoms. The van der Waals surface area contributed by atoms with E-state index in [-0.39, 0.29) is 0 Å². The van der Waals surface area contributed by atoms with E-state index in [2.05, 4.69) is 61.5 Å². The fourth-order valence-electron chi connectivity index (χ4n) is 3.58. The number of aromatic hydroxyl groups is 1. The molecule has 4 atom stereocenters. The van der Waals surface area contributed by atoms with Gasteiger partial charge in [0.15, 0.2) is 0 Å². The van der Waals surface area contributed by atoms with E-state index in [1.165, 1.54) is 22.3 Å². The summed E-state index contributed by atoms with van der Waals surface area (Å²) in [5.74, 6) is 2.48. The van der Waals surface area contributed by atoms with Crippen molar-refractivity contribution in [2.45, 2.75) is 105 Å². The molecule has 0 unspecified atom stereocenters.